The summed E-state index contributed by atoms with van der Waals surface area (Å²) in [5.41, 5.74) is 2.79. The summed E-state index contributed by atoms with van der Waals surface area (Å²) in [6, 6.07) is 19.1. The number of aryl methyl sites for hydroxylation is 1. The maximum atomic E-state index is 13.9. The van der Waals surface area contributed by atoms with Crippen LogP contribution in [0.3, 0.4) is 0 Å². The molecular weight excluding hydrogens is 598 g/mol. The number of hydrogen-bond acceptors (Lipinski definition) is 8. The fourth-order valence-electron chi connectivity index (χ4n) is 5.19. The van der Waals surface area contributed by atoms with Gasteiger partial charge >= 0.3 is 4.87 Å². The number of benzene rings is 3. The van der Waals surface area contributed by atoms with Crippen LogP contribution in [0.4, 0.5) is 11.4 Å². The number of amides is 3. The first kappa shape index (κ1) is 28.1. The Morgan fingerprint density at radius 3 is 2.45 bits per heavy atom. The van der Waals surface area contributed by atoms with Crippen molar-refractivity contribution < 1.29 is 23.9 Å². The second-order valence-electron chi connectivity index (χ2n) is 9.85. The molecule has 1 aromatic heterocycles. The van der Waals surface area contributed by atoms with Crippen LogP contribution in [0.15, 0.2) is 76.6 Å². The van der Waals surface area contributed by atoms with Crippen LogP contribution in [0.1, 0.15) is 21.9 Å². The summed E-state index contributed by atoms with van der Waals surface area (Å²) in [5, 5.41) is 3.17. The Morgan fingerprint density at radius 1 is 1.00 bits per heavy atom. The zero-order chi connectivity index (χ0) is 29.5. The molecule has 214 valence electrons. The molecule has 3 unspecified atom stereocenters. The zero-order valence-corrected chi connectivity index (χ0v) is 24.8. The first-order valence-corrected chi connectivity index (χ1v) is 15.0. The molecule has 0 bridgehead atoms. The molecule has 2 aliphatic heterocycles. The van der Waals surface area contributed by atoms with Gasteiger partial charge in [-0.25, -0.2) is 4.90 Å². The van der Waals surface area contributed by atoms with Crippen LogP contribution in [0.5, 0.6) is 11.5 Å². The average molecular weight is 622 g/mol. The predicted molar refractivity (Wildman–Crippen MR) is 162 cm³/mol. The van der Waals surface area contributed by atoms with Crippen molar-refractivity contribution in [2.45, 2.75) is 23.1 Å². The number of nitrogens with zero attached hydrogens (tertiary/aromatic N) is 1. The normalized spacial score (nSPS) is 19.3. The molecule has 6 rings (SSSR count). The van der Waals surface area contributed by atoms with Crippen molar-refractivity contribution in [3.8, 4) is 11.5 Å². The highest BCUT2D eigenvalue weighted by Gasteiger charge is 2.56. The van der Waals surface area contributed by atoms with E-state index < -0.39 is 17.1 Å². The number of methoxy groups -OCH3 is 1. The van der Waals surface area contributed by atoms with Crippen LogP contribution in [0, 0.1) is 12.8 Å². The number of carbonyl (C=O) groups excluding carboxylic acids is 3. The number of rotatable bonds is 7. The molecule has 3 heterocycles. The Kier molecular flexibility index (Phi) is 7.56. The molecule has 0 radical (unpaired) electrons. The fourth-order valence-corrected chi connectivity index (χ4v) is 7.84. The number of thioether (sulfide) groups is 1. The number of aromatic amines is 1. The van der Waals surface area contributed by atoms with Gasteiger partial charge in [-0.3, -0.25) is 19.2 Å². The monoisotopic (exact) mass is 621 g/mol. The Hall–Kier alpha value is -4.06. The Labute approximate surface area is 253 Å². The molecule has 0 spiro atoms. The highest BCUT2D eigenvalue weighted by atomic mass is 35.5. The standard InChI is InChI=1S/C30H24ClN3O6S2/c1-15-3-10-19(11-4-15)34-28(36)24-23(25-27(33-30(38)42-25)41-26(24)29(34)37)16-5-12-20(21(13-16)39-2)40-14-22(35)32-18-8-6-17(31)7-9-18/h3-13,23-24,26H,14H2,1-2H3,(H,32,35)(H,33,38). The smallest absolute Gasteiger partial charge is 0.305 e. The number of fused-ring (bicyclic) bond motifs is 2. The minimum atomic E-state index is -0.732. The van der Waals surface area contributed by atoms with E-state index >= 15 is 0 Å². The van der Waals surface area contributed by atoms with E-state index in [2.05, 4.69) is 10.3 Å². The topological polar surface area (TPSA) is 118 Å². The molecule has 42 heavy (non-hydrogen) atoms. The van der Waals surface area contributed by atoms with Gasteiger partial charge in [-0.15, -0.1) is 0 Å². The van der Waals surface area contributed by atoms with E-state index in [0.717, 1.165) is 16.9 Å². The van der Waals surface area contributed by atoms with Gasteiger partial charge in [0, 0.05) is 21.5 Å². The number of carbonyl (C=O) groups is 3. The number of thiazole rings is 1. The number of halogens is 1. The summed E-state index contributed by atoms with van der Waals surface area (Å²) in [7, 11) is 1.47. The van der Waals surface area contributed by atoms with Crippen LogP contribution < -0.4 is 24.6 Å². The molecule has 3 aromatic carbocycles. The third-order valence-corrected chi connectivity index (χ3v) is 9.80. The summed E-state index contributed by atoms with van der Waals surface area (Å²) in [5.74, 6) is -1.65. The van der Waals surface area contributed by atoms with Gasteiger partial charge in [0.2, 0.25) is 11.8 Å². The molecule has 2 aliphatic rings. The van der Waals surface area contributed by atoms with Crippen molar-refractivity contribution in [3.05, 3.63) is 97.4 Å². The molecule has 4 aromatic rings. The lowest BCUT2D eigenvalue weighted by Crippen LogP contribution is -2.32. The van der Waals surface area contributed by atoms with Crippen LogP contribution >= 0.6 is 34.7 Å². The molecule has 0 aliphatic carbocycles. The largest absolute Gasteiger partial charge is 0.493 e. The van der Waals surface area contributed by atoms with E-state index in [1.54, 1.807) is 54.6 Å². The van der Waals surface area contributed by atoms with E-state index in [4.69, 9.17) is 21.1 Å². The summed E-state index contributed by atoms with van der Waals surface area (Å²) in [4.78, 5) is 56.9. The molecule has 12 heteroatoms. The summed E-state index contributed by atoms with van der Waals surface area (Å²) >= 11 is 8.15. The second kappa shape index (κ2) is 11.3. The second-order valence-corrected chi connectivity index (χ2v) is 12.5. The first-order chi connectivity index (χ1) is 20.2. The number of aromatic nitrogens is 1. The fraction of sp³-hybridized carbons (Fsp3) is 0.200. The predicted octanol–water partition coefficient (Wildman–Crippen LogP) is 5.22. The lowest BCUT2D eigenvalue weighted by atomic mass is 9.83. The van der Waals surface area contributed by atoms with Crippen molar-refractivity contribution in [3.63, 3.8) is 0 Å². The molecule has 1 saturated heterocycles. The Balaban J connectivity index is 1.29. The van der Waals surface area contributed by atoms with E-state index in [-0.39, 0.29) is 29.2 Å². The number of H-pyrrole nitrogens is 1. The van der Waals surface area contributed by atoms with Gasteiger partial charge in [0.15, 0.2) is 18.1 Å². The van der Waals surface area contributed by atoms with Gasteiger partial charge in [-0.05, 0) is 61.0 Å². The quantitative estimate of drug-likeness (QED) is 0.272. The van der Waals surface area contributed by atoms with E-state index in [0.29, 0.717) is 43.4 Å². The van der Waals surface area contributed by atoms with Gasteiger partial charge in [-0.2, -0.15) is 0 Å². The maximum absolute atomic E-state index is 13.9. The van der Waals surface area contributed by atoms with Crippen LogP contribution in [0.2, 0.25) is 5.02 Å². The number of hydrogen-bond donors (Lipinski definition) is 2. The minimum absolute atomic E-state index is 0.258. The first-order valence-electron chi connectivity index (χ1n) is 12.9. The Bertz CT molecular complexity index is 1750. The summed E-state index contributed by atoms with van der Waals surface area (Å²) < 4.78 is 11.4. The van der Waals surface area contributed by atoms with Crippen molar-refractivity contribution in [2.75, 3.05) is 23.9 Å². The average Bonchev–Trinajstić information content (AvgIpc) is 3.47. The highest BCUT2D eigenvalue weighted by Crippen LogP contribution is 2.53. The maximum Gasteiger partial charge on any atom is 0.305 e. The molecule has 3 atom stereocenters. The molecule has 0 saturated carbocycles. The highest BCUT2D eigenvalue weighted by molar-refractivity contribution is 8.00. The molecular formula is C30H24ClN3O6S2. The van der Waals surface area contributed by atoms with Gasteiger partial charge in [0.05, 0.1) is 23.7 Å². The third kappa shape index (κ3) is 5.19. The number of ether oxygens (including phenoxy) is 2. The molecule has 3 amide bonds. The van der Waals surface area contributed by atoms with Gasteiger partial charge in [0.25, 0.3) is 5.91 Å². The Morgan fingerprint density at radius 2 is 1.74 bits per heavy atom. The molecule has 9 nitrogen and oxygen atoms in total. The molecule has 2 N–H and O–H groups in total. The minimum Gasteiger partial charge on any atom is -0.493 e. The van der Waals surface area contributed by atoms with Crippen molar-refractivity contribution in [1.29, 1.82) is 0 Å². The van der Waals surface area contributed by atoms with E-state index in [1.807, 2.05) is 19.1 Å². The lowest BCUT2D eigenvalue weighted by molar-refractivity contribution is -0.122. The summed E-state index contributed by atoms with van der Waals surface area (Å²) in [6.45, 7) is 1.66. The van der Waals surface area contributed by atoms with E-state index in [1.165, 1.54) is 23.8 Å². The summed E-state index contributed by atoms with van der Waals surface area (Å²) in [6.07, 6.45) is 0. The van der Waals surface area contributed by atoms with Crippen molar-refractivity contribution in [1.82, 2.24) is 4.98 Å². The third-order valence-electron chi connectivity index (χ3n) is 7.15. The van der Waals surface area contributed by atoms with Crippen LogP contribution in [-0.2, 0) is 14.4 Å². The van der Waals surface area contributed by atoms with Crippen molar-refractivity contribution in [2.24, 2.45) is 5.92 Å². The van der Waals surface area contributed by atoms with Gasteiger partial charge in [0.1, 0.15) is 5.25 Å². The van der Waals surface area contributed by atoms with Gasteiger partial charge in [-0.1, -0.05) is 58.5 Å². The molecule has 1 fully saturated rings. The van der Waals surface area contributed by atoms with Crippen LogP contribution in [-0.4, -0.2) is 41.7 Å². The number of nitrogens with one attached hydrogen (secondary N) is 2. The number of imide groups is 1. The number of anilines is 2. The van der Waals surface area contributed by atoms with Crippen molar-refractivity contribution >= 4 is 63.8 Å². The van der Waals surface area contributed by atoms with Crippen LogP contribution in [0.25, 0.3) is 0 Å². The van der Waals surface area contributed by atoms with E-state index in [9.17, 15) is 19.2 Å². The van der Waals surface area contributed by atoms with Gasteiger partial charge < -0.3 is 19.8 Å². The lowest BCUT2D eigenvalue weighted by Gasteiger charge is -2.30. The SMILES string of the molecule is COc1cc(C2c3sc(=O)[nH]c3SC3C(=O)N(c4ccc(C)cc4)C(=O)C32)ccc1OCC(=O)Nc1ccc(Cl)cc1. The zero-order valence-electron chi connectivity index (χ0n) is 22.4.